The van der Waals surface area contributed by atoms with Crippen LogP contribution in [0.2, 0.25) is 5.02 Å². The van der Waals surface area contributed by atoms with Crippen molar-refractivity contribution in [3.05, 3.63) is 93.2 Å². The minimum atomic E-state index is -4.32. The molecule has 1 heterocycles. The Balaban J connectivity index is 1.64. The number of methoxy groups -OCH3 is 1. The van der Waals surface area contributed by atoms with E-state index in [9.17, 15) is 23.1 Å². The minimum Gasteiger partial charge on any atom is -0.506 e. The second-order valence-corrected chi connectivity index (χ2v) is 9.70. The molecule has 10 heteroatoms. The van der Waals surface area contributed by atoms with E-state index in [0.29, 0.717) is 10.8 Å². The molecule has 0 atom stereocenters. The predicted molar refractivity (Wildman–Crippen MR) is 127 cm³/mol. The highest BCUT2D eigenvalue weighted by Crippen LogP contribution is 2.32. The second kappa shape index (κ2) is 9.20. The number of halogens is 1. The van der Waals surface area contributed by atoms with Gasteiger partial charge in [0.05, 0.1) is 17.5 Å². The quantitative estimate of drug-likeness (QED) is 0.372. The zero-order valence-corrected chi connectivity index (χ0v) is 19.4. The lowest BCUT2D eigenvalue weighted by Gasteiger charge is -2.10. The van der Waals surface area contributed by atoms with E-state index in [4.69, 9.17) is 16.3 Å². The van der Waals surface area contributed by atoms with Crippen LogP contribution in [0.3, 0.4) is 0 Å². The number of ether oxygens (including phenoxy) is 1. The summed E-state index contributed by atoms with van der Waals surface area (Å²) in [5.41, 5.74) is 0.202. The molecule has 0 saturated heterocycles. The summed E-state index contributed by atoms with van der Waals surface area (Å²) in [6.07, 6.45) is 0. The molecular weight excluding hydrogens is 480 g/mol. The summed E-state index contributed by atoms with van der Waals surface area (Å²) in [6, 6.07) is 16.6. The topological polar surface area (TPSA) is 126 Å². The van der Waals surface area contributed by atoms with Crippen LogP contribution >= 0.6 is 11.6 Å². The summed E-state index contributed by atoms with van der Waals surface area (Å²) >= 11 is 5.81. The number of hydrogen-bond donors (Lipinski definition) is 3. The monoisotopic (exact) mass is 498 g/mol. The van der Waals surface area contributed by atoms with Gasteiger partial charge in [-0.05, 0) is 60.2 Å². The molecule has 0 aliphatic carbocycles. The predicted octanol–water partition coefficient (Wildman–Crippen LogP) is 3.66. The molecule has 1 aromatic heterocycles. The summed E-state index contributed by atoms with van der Waals surface area (Å²) in [7, 11) is -2.76. The van der Waals surface area contributed by atoms with E-state index < -0.39 is 31.9 Å². The van der Waals surface area contributed by atoms with Gasteiger partial charge in [-0.15, -0.1) is 0 Å². The fraction of sp³-hybridized carbons (Fsp3) is 0.0833. The first-order valence-electron chi connectivity index (χ1n) is 10.0. The number of rotatable bonds is 6. The third kappa shape index (κ3) is 4.48. The van der Waals surface area contributed by atoms with E-state index in [-0.39, 0.29) is 27.9 Å². The number of H-pyrrole nitrogens is 1. The van der Waals surface area contributed by atoms with Crippen molar-refractivity contribution in [3.8, 4) is 11.5 Å². The van der Waals surface area contributed by atoms with Gasteiger partial charge in [0.1, 0.15) is 11.5 Å². The Hall–Kier alpha value is -3.82. The Bertz CT molecular complexity index is 1550. The first-order valence-corrected chi connectivity index (χ1v) is 11.9. The highest BCUT2D eigenvalue weighted by atomic mass is 35.5. The fourth-order valence-corrected chi connectivity index (χ4v) is 4.93. The van der Waals surface area contributed by atoms with Crippen molar-refractivity contribution < 1.29 is 23.1 Å². The molecule has 0 aliphatic rings. The number of nitrogens with one attached hydrogen (secondary N) is 2. The lowest BCUT2D eigenvalue weighted by molar-refractivity contribution is 0.0951. The molecule has 3 N–H and O–H groups in total. The third-order valence-corrected chi connectivity index (χ3v) is 7.27. The first kappa shape index (κ1) is 23.3. The molecule has 1 amide bonds. The van der Waals surface area contributed by atoms with Gasteiger partial charge in [0.25, 0.3) is 11.5 Å². The van der Waals surface area contributed by atoms with Crippen molar-refractivity contribution in [2.45, 2.75) is 16.3 Å². The number of carbonyl (C=O) groups excluding carboxylic acids is 1. The average molecular weight is 499 g/mol. The van der Waals surface area contributed by atoms with Gasteiger partial charge < -0.3 is 20.1 Å². The molecule has 0 radical (unpaired) electrons. The maximum absolute atomic E-state index is 13.0. The number of benzene rings is 3. The SMILES string of the molecule is COc1ccc(CNC(=O)c2ccc3c(O)c(S(=O)(=O)c4ccc(Cl)cc4)c(=O)[nH]c3c2)cc1. The van der Waals surface area contributed by atoms with E-state index in [1.54, 1.807) is 19.2 Å². The second-order valence-electron chi connectivity index (χ2n) is 7.38. The summed E-state index contributed by atoms with van der Waals surface area (Å²) in [5, 5.41) is 13.8. The smallest absolute Gasteiger partial charge is 0.271 e. The molecule has 4 rings (SSSR count). The van der Waals surface area contributed by atoms with Gasteiger partial charge in [0.15, 0.2) is 4.90 Å². The Kier molecular flexibility index (Phi) is 6.32. The summed E-state index contributed by atoms with van der Waals surface area (Å²) in [5.74, 6) is -0.402. The van der Waals surface area contributed by atoms with Gasteiger partial charge in [-0.1, -0.05) is 23.7 Å². The van der Waals surface area contributed by atoms with E-state index in [2.05, 4.69) is 10.3 Å². The Morgan fingerprint density at radius 3 is 2.38 bits per heavy atom. The highest BCUT2D eigenvalue weighted by molar-refractivity contribution is 7.91. The summed E-state index contributed by atoms with van der Waals surface area (Å²) in [6.45, 7) is 0.265. The zero-order valence-electron chi connectivity index (χ0n) is 17.8. The van der Waals surface area contributed by atoms with E-state index >= 15 is 0 Å². The Morgan fingerprint density at radius 1 is 1.06 bits per heavy atom. The van der Waals surface area contributed by atoms with Crippen LogP contribution in [0, 0.1) is 0 Å². The van der Waals surface area contributed by atoms with Crippen molar-refractivity contribution in [2.75, 3.05) is 7.11 Å². The number of aromatic nitrogens is 1. The molecule has 0 aliphatic heterocycles. The Morgan fingerprint density at radius 2 is 1.74 bits per heavy atom. The third-order valence-electron chi connectivity index (χ3n) is 5.21. The van der Waals surface area contributed by atoms with Gasteiger partial charge >= 0.3 is 0 Å². The molecule has 4 aromatic rings. The Labute approximate surface area is 199 Å². The summed E-state index contributed by atoms with van der Waals surface area (Å²) in [4.78, 5) is 26.7. The van der Waals surface area contributed by atoms with Gasteiger partial charge in [-0.2, -0.15) is 0 Å². The number of sulfone groups is 1. The van der Waals surface area contributed by atoms with Crippen molar-refractivity contribution in [1.82, 2.24) is 10.3 Å². The van der Waals surface area contributed by atoms with Crippen LogP contribution in [-0.4, -0.2) is 31.5 Å². The summed E-state index contributed by atoms with van der Waals surface area (Å²) < 4.78 is 31.0. The van der Waals surface area contributed by atoms with Crippen LogP contribution < -0.4 is 15.6 Å². The van der Waals surface area contributed by atoms with E-state index in [1.807, 2.05) is 12.1 Å². The lowest BCUT2D eigenvalue weighted by Crippen LogP contribution is -2.23. The minimum absolute atomic E-state index is 0.0823. The average Bonchev–Trinajstić information content (AvgIpc) is 2.82. The molecule has 3 aromatic carbocycles. The molecule has 174 valence electrons. The van der Waals surface area contributed by atoms with Crippen LogP contribution in [0.15, 0.2) is 81.3 Å². The maximum atomic E-state index is 13.0. The number of pyridine rings is 1. The zero-order chi connectivity index (χ0) is 24.5. The standard InChI is InChI=1S/C24H19ClN2O6S/c1-33-17-7-2-14(3-8-17)13-26-23(29)15-4-11-19-20(12-15)27-24(30)22(21(19)28)34(31,32)18-9-5-16(25)6-10-18/h2-12H,13H2,1H3,(H,26,29)(H2,27,28,30). The molecule has 0 bridgehead atoms. The fourth-order valence-electron chi connectivity index (χ4n) is 3.41. The van der Waals surface area contributed by atoms with Crippen molar-refractivity contribution in [1.29, 1.82) is 0 Å². The van der Waals surface area contributed by atoms with E-state index in [0.717, 1.165) is 5.56 Å². The molecule has 0 fully saturated rings. The van der Waals surface area contributed by atoms with Crippen LogP contribution in [-0.2, 0) is 16.4 Å². The number of carbonyl (C=O) groups is 1. The molecule has 34 heavy (non-hydrogen) atoms. The molecule has 8 nitrogen and oxygen atoms in total. The first-order chi connectivity index (χ1) is 16.2. The number of amides is 1. The van der Waals surface area contributed by atoms with Crippen molar-refractivity contribution in [3.63, 3.8) is 0 Å². The molecule has 0 spiro atoms. The van der Waals surface area contributed by atoms with Gasteiger partial charge in [0, 0.05) is 22.5 Å². The molecule has 0 unspecified atom stereocenters. The number of fused-ring (bicyclic) bond motifs is 1. The molecular formula is C24H19ClN2O6S. The number of aromatic amines is 1. The molecule has 0 saturated carbocycles. The van der Waals surface area contributed by atoms with Gasteiger partial charge in [-0.25, -0.2) is 8.42 Å². The maximum Gasteiger partial charge on any atom is 0.271 e. The van der Waals surface area contributed by atoms with Crippen LogP contribution in [0.25, 0.3) is 10.9 Å². The number of hydrogen-bond acceptors (Lipinski definition) is 6. The van der Waals surface area contributed by atoms with Crippen LogP contribution in [0.4, 0.5) is 0 Å². The largest absolute Gasteiger partial charge is 0.506 e. The van der Waals surface area contributed by atoms with Crippen LogP contribution in [0.1, 0.15) is 15.9 Å². The van der Waals surface area contributed by atoms with Gasteiger partial charge in [-0.3, -0.25) is 9.59 Å². The van der Waals surface area contributed by atoms with E-state index in [1.165, 1.54) is 42.5 Å². The van der Waals surface area contributed by atoms with Crippen molar-refractivity contribution in [2.24, 2.45) is 0 Å². The number of aromatic hydroxyl groups is 1. The van der Waals surface area contributed by atoms with Gasteiger partial charge in [0.2, 0.25) is 9.84 Å². The van der Waals surface area contributed by atoms with Crippen molar-refractivity contribution >= 4 is 38.2 Å². The van der Waals surface area contributed by atoms with Crippen LogP contribution in [0.5, 0.6) is 11.5 Å². The normalized spacial score (nSPS) is 11.4. The lowest BCUT2D eigenvalue weighted by atomic mass is 10.1. The highest BCUT2D eigenvalue weighted by Gasteiger charge is 2.27.